The molecule has 5 N–H and O–H groups in total. The van der Waals surface area contributed by atoms with Gasteiger partial charge >= 0.3 is 6.18 Å². The van der Waals surface area contributed by atoms with Crippen molar-refractivity contribution in [2.75, 3.05) is 10.6 Å². The molecule has 2 aromatic rings. The summed E-state index contributed by atoms with van der Waals surface area (Å²) in [6, 6.07) is 10.7. The van der Waals surface area contributed by atoms with Gasteiger partial charge in [0.15, 0.2) is 0 Å². The number of halogens is 3. The second-order valence-electron chi connectivity index (χ2n) is 7.69. The summed E-state index contributed by atoms with van der Waals surface area (Å²) in [5.74, 6) is -0.932. The first-order valence-corrected chi connectivity index (χ1v) is 10.1. The number of anilines is 2. The number of hydrogen-bond donors (Lipinski definition) is 4. The molecule has 0 saturated heterocycles. The van der Waals surface area contributed by atoms with E-state index in [1.807, 2.05) is 24.3 Å². The summed E-state index contributed by atoms with van der Waals surface area (Å²) in [4.78, 5) is 32.4. The summed E-state index contributed by atoms with van der Waals surface area (Å²) in [5, 5.41) is 7.64. The largest absolute Gasteiger partial charge is 0.416 e. The molecule has 8 nitrogen and oxygen atoms in total. The molecule has 0 fully saturated rings. The second kappa shape index (κ2) is 9.72. The Morgan fingerprint density at radius 1 is 1.15 bits per heavy atom. The zero-order valence-electron chi connectivity index (χ0n) is 17.9. The number of nitrogens with one attached hydrogen (secondary N) is 3. The molecule has 0 unspecified atom stereocenters. The predicted molar refractivity (Wildman–Crippen MR) is 120 cm³/mol. The molecule has 1 atom stereocenters. The average Bonchev–Trinajstić information content (AvgIpc) is 3.06. The maximum atomic E-state index is 12.8. The lowest BCUT2D eigenvalue weighted by molar-refractivity contribution is -0.137. The van der Waals surface area contributed by atoms with E-state index < -0.39 is 29.6 Å². The molecule has 3 rings (SSSR count). The van der Waals surface area contributed by atoms with Crippen molar-refractivity contribution in [2.45, 2.75) is 38.4 Å². The minimum atomic E-state index is -4.53. The van der Waals surface area contributed by atoms with E-state index in [-0.39, 0.29) is 24.0 Å². The molecule has 11 heteroatoms. The monoisotopic (exact) mass is 460 g/mol. The molecule has 0 radical (unpaired) electrons. The fraction of sp³-hybridized carbons (Fsp3) is 0.273. The summed E-state index contributed by atoms with van der Waals surface area (Å²) in [6.45, 7) is 4.16. The maximum absolute atomic E-state index is 12.8. The number of nitrogens with two attached hydrogens (primary N) is 1. The number of carbonyl (C=O) groups excluding carboxylic acids is 2. The van der Waals surface area contributed by atoms with Crippen molar-refractivity contribution >= 4 is 35.1 Å². The van der Waals surface area contributed by atoms with E-state index in [1.54, 1.807) is 0 Å². The Hall–Kier alpha value is -3.89. The van der Waals surface area contributed by atoms with Crippen LogP contribution in [0.3, 0.4) is 0 Å². The first-order chi connectivity index (χ1) is 15.5. The SMILES string of the molecule is CC(C)c1ccc(NC(N)=NC2=N[C@@H](CC(=O)Nc3cccc(C(F)(F)F)c3)C(=O)N2)cc1. The Morgan fingerprint density at radius 2 is 1.85 bits per heavy atom. The van der Waals surface area contributed by atoms with Gasteiger partial charge in [-0.1, -0.05) is 32.0 Å². The Kier molecular flexibility index (Phi) is 7.00. The first-order valence-electron chi connectivity index (χ1n) is 10.1. The molecule has 1 heterocycles. The van der Waals surface area contributed by atoms with Crippen LogP contribution in [0.5, 0.6) is 0 Å². The molecular weight excluding hydrogens is 437 g/mol. The highest BCUT2D eigenvalue weighted by molar-refractivity contribution is 6.11. The van der Waals surface area contributed by atoms with Gasteiger partial charge in [-0.15, -0.1) is 0 Å². The van der Waals surface area contributed by atoms with Gasteiger partial charge < -0.3 is 16.4 Å². The molecule has 33 heavy (non-hydrogen) atoms. The van der Waals surface area contributed by atoms with Gasteiger partial charge in [0, 0.05) is 11.4 Å². The fourth-order valence-corrected chi connectivity index (χ4v) is 3.03. The van der Waals surface area contributed by atoms with Crippen LogP contribution in [-0.4, -0.2) is 29.8 Å². The number of guanidine groups is 2. The Morgan fingerprint density at radius 3 is 2.48 bits per heavy atom. The van der Waals surface area contributed by atoms with Crippen LogP contribution in [0.4, 0.5) is 24.5 Å². The topological polar surface area (TPSA) is 121 Å². The van der Waals surface area contributed by atoms with Crippen molar-refractivity contribution in [1.82, 2.24) is 5.32 Å². The van der Waals surface area contributed by atoms with Crippen LogP contribution in [0.15, 0.2) is 58.5 Å². The summed E-state index contributed by atoms with van der Waals surface area (Å²) in [5.41, 5.74) is 6.79. The van der Waals surface area contributed by atoms with E-state index in [4.69, 9.17) is 5.73 Å². The molecule has 0 saturated carbocycles. The van der Waals surface area contributed by atoms with Gasteiger partial charge in [-0.25, -0.2) is 4.99 Å². The molecule has 0 aromatic heterocycles. The predicted octanol–water partition coefficient (Wildman–Crippen LogP) is 3.44. The summed E-state index contributed by atoms with van der Waals surface area (Å²) < 4.78 is 38.4. The molecule has 2 aromatic carbocycles. The van der Waals surface area contributed by atoms with Crippen LogP contribution in [0.2, 0.25) is 0 Å². The number of hydrogen-bond acceptors (Lipinski definition) is 4. The number of carbonyl (C=O) groups is 2. The van der Waals surface area contributed by atoms with Crippen LogP contribution in [0.1, 0.15) is 37.3 Å². The number of rotatable bonds is 5. The minimum Gasteiger partial charge on any atom is -0.369 e. The molecule has 1 aliphatic rings. The fourth-order valence-electron chi connectivity index (χ4n) is 3.03. The van der Waals surface area contributed by atoms with Crippen molar-refractivity contribution in [3.63, 3.8) is 0 Å². The van der Waals surface area contributed by atoms with E-state index in [9.17, 15) is 22.8 Å². The highest BCUT2D eigenvalue weighted by Crippen LogP contribution is 2.30. The summed E-state index contributed by atoms with van der Waals surface area (Å²) >= 11 is 0. The molecule has 0 spiro atoms. The third-order valence-electron chi connectivity index (χ3n) is 4.74. The Bertz CT molecular complexity index is 1090. The molecule has 0 bridgehead atoms. The van der Waals surface area contributed by atoms with Crippen molar-refractivity contribution in [2.24, 2.45) is 15.7 Å². The van der Waals surface area contributed by atoms with E-state index in [0.29, 0.717) is 11.6 Å². The molecular formula is C22H23F3N6O2. The first kappa shape index (κ1) is 23.8. The zero-order chi connectivity index (χ0) is 24.2. The van der Waals surface area contributed by atoms with Crippen LogP contribution in [0, 0.1) is 0 Å². The van der Waals surface area contributed by atoms with Crippen molar-refractivity contribution < 1.29 is 22.8 Å². The van der Waals surface area contributed by atoms with Crippen LogP contribution >= 0.6 is 0 Å². The van der Waals surface area contributed by atoms with Crippen LogP contribution < -0.4 is 21.7 Å². The Balaban J connectivity index is 1.60. The number of benzene rings is 2. The van der Waals surface area contributed by atoms with Gasteiger partial charge in [0.1, 0.15) is 6.04 Å². The Labute approximate surface area is 188 Å². The minimum absolute atomic E-state index is 0.0135. The molecule has 2 amide bonds. The molecule has 0 aliphatic carbocycles. The van der Waals surface area contributed by atoms with Gasteiger partial charge in [0.25, 0.3) is 5.91 Å². The van der Waals surface area contributed by atoms with Crippen molar-refractivity contribution in [3.8, 4) is 0 Å². The highest BCUT2D eigenvalue weighted by Gasteiger charge is 2.31. The lowest BCUT2D eigenvalue weighted by Crippen LogP contribution is -2.32. The van der Waals surface area contributed by atoms with Gasteiger partial charge in [-0.05, 0) is 41.8 Å². The van der Waals surface area contributed by atoms with Gasteiger partial charge in [-0.2, -0.15) is 18.2 Å². The third kappa shape index (κ3) is 6.55. The van der Waals surface area contributed by atoms with E-state index in [1.165, 1.54) is 12.1 Å². The van der Waals surface area contributed by atoms with Gasteiger partial charge in [0.05, 0.1) is 12.0 Å². The van der Waals surface area contributed by atoms with Crippen LogP contribution in [-0.2, 0) is 15.8 Å². The van der Waals surface area contributed by atoms with Crippen molar-refractivity contribution in [3.05, 3.63) is 59.7 Å². The normalized spacial score (nSPS) is 16.4. The average molecular weight is 460 g/mol. The number of nitrogens with zero attached hydrogens (tertiary/aromatic N) is 2. The number of amides is 2. The van der Waals surface area contributed by atoms with E-state index >= 15 is 0 Å². The lowest BCUT2D eigenvalue weighted by atomic mass is 10.0. The third-order valence-corrected chi connectivity index (χ3v) is 4.74. The zero-order valence-corrected chi connectivity index (χ0v) is 17.9. The smallest absolute Gasteiger partial charge is 0.369 e. The number of aliphatic imine (C=N–C) groups is 2. The van der Waals surface area contributed by atoms with Gasteiger partial charge in [0.2, 0.25) is 17.8 Å². The second-order valence-corrected chi connectivity index (χ2v) is 7.69. The van der Waals surface area contributed by atoms with Gasteiger partial charge in [-0.3, -0.25) is 14.9 Å². The molecule has 174 valence electrons. The van der Waals surface area contributed by atoms with Crippen LogP contribution in [0.25, 0.3) is 0 Å². The maximum Gasteiger partial charge on any atom is 0.416 e. The summed E-state index contributed by atoms with van der Waals surface area (Å²) in [6.07, 6.45) is -4.90. The quantitative estimate of drug-likeness (QED) is 0.403. The van der Waals surface area contributed by atoms with E-state index in [2.05, 4.69) is 39.8 Å². The highest BCUT2D eigenvalue weighted by atomic mass is 19.4. The van der Waals surface area contributed by atoms with E-state index in [0.717, 1.165) is 17.7 Å². The lowest BCUT2D eigenvalue weighted by Gasteiger charge is -2.10. The number of alkyl halides is 3. The van der Waals surface area contributed by atoms with Crippen molar-refractivity contribution in [1.29, 1.82) is 0 Å². The standard InChI is InChI=1S/C22H23F3N6O2/c1-12(2)13-6-8-15(9-7-13)28-20(26)31-21-29-17(19(33)30-21)11-18(32)27-16-5-3-4-14(10-16)22(23,24)25/h3-10,12,17H,11H2,1-2H3,(H,27,32)(H4,26,28,29,30,31,33)/t17-/m0/s1. The molecule has 1 aliphatic heterocycles. The summed E-state index contributed by atoms with van der Waals surface area (Å²) in [7, 11) is 0.